The zero-order chi connectivity index (χ0) is 29.1. The standard InChI is InChI=1S/C31H26BrFN2O5S/c1-4-39-30(37)26-18(2)34-31-35(27(26)20-10-14-23(33)15-11-20)29(36)25(41-31)16-21-6-5-7-24(38-3)28(21)40-17-19-8-12-22(32)13-9-19/h5-16,27H,4,17H2,1-3H3/b25-16-/t27-/m1/s1. The normalized spacial score (nSPS) is 14.9. The van der Waals surface area contributed by atoms with Gasteiger partial charge in [0.25, 0.3) is 5.56 Å². The first-order valence-corrected chi connectivity index (χ1v) is 14.4. The minimum Gasteiger partial charge on any atom is -0.493 e. The van der Waals surface area contributed by atoms with Crippen molar-refractivity contribution in [3.63, 3.8) is 0 Å². The largest absolute Gasteiger partial charge is 0.493 e. The fourth-order valence-corrected chi connectivity index (χ4v) is 5.89. The zero-order valence-electron chi connectivity index (χ0n) is 22.5. The molecule has 1 aromatic heterocycles. The van der Waals surface area contributed by atoms with Crippen LogP contribution in [0.3, 0.4) is 0 Å². The van der Waals surface area contributed by atoms with Crippen LogP contribution in [0.4, 0.5) is 4.39 Å². The second-order valence-electron chi connectivity index (χ2n) is 9.15. The molecule has 0 saturated carbocycles. The summed E-state index contributed by atoms with van der Waals surface area (Å²) >= 11 is 4.63. The maximum atomic E-state index is 13.9. The van der Waals surface area contributed by atoms with Crippen molar-refractivity contribution in [1.29, 1.82) is 0 Å². The quantitative estimate of drug-likeness (QED) is 0.246. The summed E-state index contributed by atoms with van der Waals surface area (Å²) in [7, 11) is 1.56. The van der Waals surface area contributed by atoms with Gasteiger partial charge in [-0.05, 0) is 61.4 Å². The van der Waals surface area contributed by atoms with Gasteiger partial charge in [0.2, 0.25) is 0 Å². The summed E-state index contributed by atoms with van der Waals surface area (Å²) in [5, 5.41) is 0. The molecule has 0 unspecified atom stereocenters. The molecule has 0 amide bonds. The lowest BCUT2D eigenvalue weighted by atomic mass is 9.96. The Bertz CT molecular complexity index is 1810. The Hall–Kier alpha value is -4.02. The predicted octanol–water partition coefficient (Wildman–Crippen LogP) is 5.29. The number of carbonyl (C=O) groups excluding carboxylic acids is 1. The summed E-state index contributed by atoms with van der Waals surface area (Å²) in [6.45, 7) is 3.87. The number of benzene rings is 3. The molecular weight excluding hydrogens is 611 g/mol. The number of allylic oxidation sites excluding steroid dienone is 1. The fraction of sp³-hybridized carbons (Fsp3) is 0.194. The lowest BCUT2D eigenvalue weighted by molar-refractivity contribution is -0.139. The van der Waals surface area contributed by atoms with Crippen LogP contribution in [0.5, 0.6) is 11.5 Å². The fourth-order valence-electron chi connectivity index (χ4n) is 4.59. The van der Waals surface area contributed by atoms with Crippen LogP contribution in [-0.4, -0.2) is 24.3 Å². The van der Waals surface area contributed by atoms with Crippen LogP contribution in [-0.2, 0) is 16.1 Å². The molecule has 41 heavy (non-hydrogen) atoms. The Morgan fingerprint density at radius 3 is 2.54 bits per heavy atom. The predicted molar refractivity (Wildman–Crippen MR) is 158 cm³/mol. The molecule has 2 heterocycles. The highest BCUT2D eigenvalue weighted by Crippen LogP contribution is 2.33. The molecule has 0 fully saturated rings. The number of hydrogen-bond donors (Lipinski definition) is 0. The first kappa shape index (κ1) is 28.5. The van der Waals surface area contributed by atoms with E-state index in [4.69, 9.17) is 14.2 Å². The van der Waals surface area contributed by atoms with Crippen LogP contribution in [0.25, 0.3) is 6.08 Å². The van der Waals surface area contributed by atoms with E-state index in [1.165, 1.54) is 28.0 Å². The van der Waals surface area contributed by atoms with E-state index in [2.05, 4.69) is 20.9 Å². The van der Waals surface area contributed by atoms with Gasteiger partial charge in [0.15, 0.2) is 16.3 Å². The van der Waals surface area contributed by atoms with E-state index in [1.54, 1.807) is 45.2 Å². The molecule has 1 atom stereocenters. The highest BCUT2D eigenvalue weighted by Gasteiger charge is 2.33. The average molecular weight is 638 g/mol. The number of carbonyl (C=O) groups is 1. The number of halogens is 2. The van der Waals surface area contributed by atoms with Gasteiger partial charge >= 0.3 is 5.97 Å². The molecule has 0 saturated heterocycles. The van der Waals surface area contributed by atoms with Crippen molar-refractivity contribution in [3.8, 4) is 11.5 Å². The third-order valence-electron chi connectivity index (χ3n) is 6.52. The molecule has 0 bridgehead atoms. The molecule has 1 aliphatic heterocycles. The second-order valence-corrected chi connectivity index (χ2v) is 11.1. The Labute approximate surface area is 248 Å². The van der Waals surface area contributed by atoms with E-state index in [0.717, 1.165) is 10.0 Å². The van der Waals surface area contributed by atoms with E-state index < -0.39 is 17.8 Å². The van der Waals surface area contributed by atoms with Gasteiger partial charge in [-0.15, -0.1) is 0 Å². The van der Waals surface area contributed by atoms with E-state index in [-0.39, 0.29) is 17.7 Å². The molecule has 10 heteroatoms. The maximum absolute atomic E-state index is 13.9. The number of aromatic nitrogens is 1. The summed E-state index contributed by atoms with van der Waals surface area (Å²) in [6.07, 6.45) is 1.73. The molecule has 0 radical (unpaired) electrons. The Morgan fingerprint density at radius 2 is 1.85 bits per heavy atom. The second kappa shape index (κ2) is 12.2. The lowest BCUT2D eigenvalue weighted by Crippen LogP contribution is -2.39. The number of hydrogen-bond acceptors (Lipinski definition) is 7. The van der Waals surface area contributed by atoms with Crippen LogP contribution < -0.4 is 24.4 Å². The summed E-state index contributed by atoms with van der Waals surface area (Å²) < 4.78 is 33.7. The summed E-state index contributed by atoms with van der Waals surface area (Å²) in [5.41, 5.74) is 2.50. The number of nitrogens with zero attached hydrogens (tertiary/aromatic N) is 2. The SMILES string of the molecule is CCOC(=O)C1=C(C)N=c2s/c(=C\c3cccc(OC)c3OCc3ccc(Br)cc3)c(=O)n2[C@@H]1c1ccc(F)cc1. The third-order valence-corrected chi connectivity index (χ3v) is 8.03. The first-order chi connectivity index (χ1) is 19.8. The van der Waals surface area contributed by atoms with Crippen molar-refractivity contribution in [3.05, 3.63) is 125 Å². The molecule has 0 spiro atoms. The van der Waals surface area contributed by atoms with Gasteiger partial charge in [-0.1, -0.05) is 63.7 Å². The number of thiazole rings is 1. The van der Waals surface area contributed by atoms with Crippen molar-refractivity contribution >= 4 is 39.3 Å². The molecule has 210 valence electrons. The summed E-state index contributed by atoms with van der Waals surface area (Å²) in [4.78, 5) is 32.0. The minimum absolute atomic E-state index is 0.162. The zero-order valence-corrected chi connectivity index (χ0v) is 24.9. The molecule has 3 aromatic carbocycles. The maximum Gasteiger partial charge on any atom is 0.338 e. The average Bonchev–Trinajstić information content (AvgIpc) is 3.26. The van der Waals surface area contributed by atoms with E-state index in [0.29, 0.717) is 44.3 Å². The number of fused-ring (bicyclic) bond motifs is 1. The molecule has 0 N–H and O–H groups in total. The number of ether oxygens (including phenoxy) is 3. The van der Waals surface area contributed by atoms with Gasteiger partial charge in [-0.2, -0.15) is 0 Å². The molecule has 7 nitrogen and oxygen atoms in total. The van der Waals surface area contributed by atoms with E-state index >= 15 is 0 Å². The van der Waals surface area contributed by atoms with Crippen molar-refractivity contribution in [2.75, 3.05) is 13.7 Å². The van der Waals surface area contributed by atoms with Gasteiger partial charge in [-0.25, -0.2) is 14.2 Å². The molecule has 0 aliphatic carbocycles. The minimum atomic E-state index is -0.827. The van der Waals surface area contributed by atoms with Gasteiger partial charge in [0.1, 0.15) is 12.4 Å². The van der Waals surface area contributed by atoms with Crippen molar-refractivity contribution in [1.82, 2.24) is 4.57 Å². The van der Waals surface area contributed by atoms with Crippen molar-refractivity contribution < 1.29 is 23.4 Å². The van der Waals surface area contributed by atoms with Crippen molar-refractivity contribution in [2.45, 2.75) is 26.5 Å². The summed E-state index contributed by atoms with van der Waals surface area (Å²) in [6, 6.07) is 18.1. The van der Waals surface area contributed by atoms with E-state index in [1.807, 2.05) is 36.4 Å². The van der Waals surface area contributed by atoms with Gasteiger partial charge in [0, 0.05) is 10.0 Å². The topological polar surface area (TPSA) is 79.1 Å². The lowest BCUT2D eigenvalue weighted by Gasteiger charge is -2.24. The molecule has 4 aromatic rings. The molecule has 5 rings (SSSR count). The number of esters is 1. The molecular formula is C31H26BrFN2O5S. The summed E-state index contributed by atoms with van der Waals surface area (Å²) in [5.74, 6) is 0.0116. The van der Waals surface area contributed by atoms with Crippen molar-refractivity contribution in [2.24, 2.45) is 4.99 Å². The van der Waals surface area contributed by atoms with Gasteiger partial charge in [0.05, 0.1) is 35.6 Å². The monoisotopic (exact) mass is 636 g/mol. The van der Waals surface area contributed by atoms with Gasteiger partial charge < -0.3 is 14.2 Å². The van der Waals surface area contributed by atoms with Crippen LogP contribution in [0, 0.1) is 5.82 Å². The highest BCUT2D eigenvalue weighted by molar-refractivity contribution is 9.10. The van der Waals surface area contributed by atoms with Crippen LogP contribution in [0.15, 0.2) is 92.3 Å². The van der Waals surface area contributed by atoms with Gasteiger partial charge in [-0.3, -0.25) is 9.36 Å². The third kappa shape index (κ3) is 5.89. The van der Waals surface area contributed by atoms with Crippen LogP contribution >= 0.6 is 27.3 Å². The highest BCUT2D eigenvalue weighted by atomic mass is 79.9. The van der Waals surface area contributed by atoms with E-state index in [9.17, 15) is 14.0 Å². The molecule has 1 aliphatic rings. The Morgan fingerprint density at radius 1 is 1.12 bits per heavy atom. The first-order valence-electron chi connectivity index (χ1n) is 12.8. The Kier molecular flexibility index (Phi) is 8.51. The number of methoxy groups -OCH3 is 1. The smallest absolute Gasteiger partial charge is 0.338 e. The Balaban J connectivity index is 1.63. The van der Waals surface area contributed by atoms with Crippen LogP contribution in [0.1, 0.15) is 36.6 Å². The van der Waals surface area contributed by atoms with Crippen LogP contribution in [0.2, 0.25) is 0 Å². The number of rotatable bonds is 8. The number of para-hydroxylation sites is 1.